The molecule has 0 unspecified atom stereocenters. The Labute approximate surface area is 107 Å². The van der Waals surface area contributed by atoms with Crippen molar-refractivity contribution < 1.29 is 4.79 Å². The molecule has 18 heavy (non-hydrogen) atoms. The molecule has 0 atom stereocenters. The van der Waals surface area contributed by atoms with Crippen LogP contribution in [0.5, 0.6) is 0 Å². The van der Waals surface area contributed by atoms with E-state index in [0.717, 1.165) is 25.9 Å². The second kappa shape index (κ2) is 6.31. The van der Waals surface area contributed by atoms with Gasteiger partial charge in [-0.05, 0) is 32.9 Å². The van der Waals surface area contributed by atoms with Crippen LogP contribution in [0.4, 0.5) is 0 Å². The lowest BCUT2D eigenvalue weighted by Gasteiger charge is -2.22. The van der Waals surface area contributed by atoms with Crippen molar-refractivity contribution in [3.8, 4) is 11.8 Å². The summed E-state index contributed by atoms with van der Waals surface area (Å²) >= 11 is 0. The largest absolute Gasteiger partial charge is 0.317 e. The Bertz CT molecular complexity index is 463. The molecule has 2 rings (SSSR count). The molecule has 0 bridgehead atoms. The average Bonchev–Trinajstić information content (AvgIpc) is 2.89. The number of carbonyl (C=O) groups excluding carboxylic acids is 1. The van der Waals surface area contributed by atoms with E-state index in [1.807, 2.05) is 4.68 Å². The molecule has 0 spiro atoms. The van der Waals surface area contributed by atoms with Gasteiger partial charge in [0.05, 0.1) is 12.2 Å². The molecule has 1 saturated heterocycles. The van der Waals surface area contributed by atoms with E-state index in [9.17, 15) is 4.79 Å². The van der Waals surface area contributed by atoms with Gasteiger partial charge in [-0.1, -0.05) is 5.21 Å². The number of carbonyl (C=O) groups is 1. The van der Waals surface area contributed by atoms with Crippen LogP contribution in [-0.4, -0.2) is 33.9 Å². The first-order valence-corrected chi connectivity index (χ1v) is 6.36. The molecule has 0 saturated carbocycles. The van der Waals surface area contributed by atoms with Gasteiger partial charge in [0, 0.05) is 12.8 Å². The van der Waals surface area contributed by atoms with Gasteiger partial charge in [-0.3, -0.25) is 4.79 Å². The maximum absolute atomic E-state index is 11.8. The molecule has 5 nitrogen and oxygen atoms in total. The quantitative estimate of drug-likeness (QED) is 0.640. The van der Waals surface area contributed by atoms with E-state index in [0.29, 0.717) is 24.6 Å². The smallest absolute Gasteiger partial charge is 0.185 e. The van der Waals surface area contributed by atoms with E-state index in [1.54, 1.807) is 13.1 Å². The minimum Gasteiger partial charge on any atom is -0.317 e. The molecule has 2 heterocycles. The number of hydrogen-bond donors (Lipinski definition) is 1. The summed E-state index contributed by atoms with van der Waals surface area (Å²) in [5.41, 5.74) is 0.464. The lowest BCUT2D eigenvalue weighted by atomic mass is 10.1. The van der Waals surface area contributed by atoms with Crippen molar-refractivity contribution in [1.29, 1.82) is 0 Å². The number of Topliss-reactive ketones (excluding diaryl/α,β-unsaturated/α-hetero) is 1. The number of nitrogens with one attached hydrogen (secondary N) is 1. The Kier molecular flexibility index (Phi) is 4.48. The molecular formula is C13H18N4O. The van der Waals surface area contributed by atoms with Gasteiger partial charge in [0.2, 0.25) is 0 Å². The normalized spacial score (nSPS) is 16.1. The predicted molar refractivity (Wildman–Crippen MR) is 68.2 cm³/mol. The van der Waals surface area contributed by atoms with Crippen molar-refractivity contribution in [3.63, 3.8) is 0 Å². The molecule has 1 aliphatic rings. The van der Waals surface area contributed by atoms with Crippen LogP contribution in [0.25, 0.3) is 0 Å². The Morgan fingerprint density at radius 3 is 3.06 bits per heavy atom. The monoisotopic (exact) mass is 246 g/mol. The van der Waals surface area contributed by atoms with E-state index < -0.39 is 0 Å². The summed E-state index contributed by atoms with van der Waals surface area (Å²) in [4.78, 5) is 11.8. The third kappa shape index (κ3) is 3.17. The highest BCUT2D eigenvalue weighted by molar-refractivity contribution is 5.93. The van der Waals surface area contributed by atoms with E-state index in [4.69, 9.17) is 0 Å². The maximum atomic E-state index is 11.8. The molecule has 5 heteroatoms. The van der Waals surface area contributed by atoms with Crippen LogP contribution in [0.15, 0.2) is 6.20 Å². The van der Waals surface area contributed by atoms with Crippen molar-refractivity contribution in [3.05, 3.63) is 11.9 Å². The summed E-state index contributed by atoms with van der Waals surface area (Å²) in [5.74, 6) is 5.69. The third-order valence-electron chi connectivity index (χ3n) is 3.13. The standard InChI is InChI=1S/C13H18N4O/c1-2-3-4-5-13(18)12-10-17(16-15-12)11-6-8-14-9-7-11/h10-11,14H,4-9H2,1H3. The highest BCUT2D eigenvalue weighted by Crippen LogP contribution is 2.17. The second-order valence-electron chi connectivity index (χ2n) is 4.41. The fourth-order valence-electron chi connectivity index (χ4n) is 2.08. The average molecular weight is 246 g/mol. The Balaban J connectivity index is 1.95. The Hall–Kier alpha value is -1.67. The summed E-state index contributed by atoms with van der Waals surface area (Å²) in [5, 5.41) is 11.3. The van der Waals surface area contributed by atoms with Gasteiger partial charge in [-0.25, -0.2) is 4.68 Å². The fraction of sp³-hybridized carbons (Fsp3) is 0.615. The van der Waals surface area contributed by atoms with Crippen LogP contribution in [0.2, 0.25) is 0 Å². The zero-order valence-corrected chi connectivity index (χ0v) is 10.6. The number of piperidine rings is 1. The predicted octanol–water partition coefficient (Wildman–Crippen LogP) is 1.19. The molecule has 1 aromatic rings. The first kappa shape index (κ1) is 12.8. The first-order chi connectivity index (χ1) is 8.81. The van der Waals surface area contributed by atoms with Gasteiger partial charge < -0.3 is 5.32 Å². The first-order valence-electron chi connectivity index (χ1n) is 6.36. The van der Waals surface area contributed by atoms with Crippen molar-refractivity contribution in [2.45, 2.75) is 38.6 Å². The van der Waals surface area contributed by atoms with E-state index in [-0.39, 0.29) is 5.78 Å². The van der Waals surface area contributed by atoms with Crippen LogP contribution < -0.4 is 5.32 Å². The Morgan fingerprint density at radius 1 is 1.56 bits per heavy atom. The number of nitrogens with zero attached hydrogens (tertiary/aromatic N) is 3. The molecule has 1 aromatic heterocycles. The summed E-state index contributed by atoms with van der Waals surface area (Å²) < 4.78 is 1.83. The molecule has 1 N–H and O–H groups in total. The van der Waals surface area contributed by atoms with Gasteiger partial charge in [-0.15, -0.1) is 16.9 Å². The van der Waals surface area contributed by atoms with Gasteiger partial charge in [0.25, 0.3) is 0 Å². The number of rotatable bonds is 4. The molecule has 1 fully saturated rings. The second-order valence-corrected chi connectivity index (χ2v) is 4.41. The molecule has 0 radical (unpaired) electrons. The lowest BCUT2D eigenvalue weighted by molar-refractivity contribution is 0.0979. The fourth-order valence-corrected chi connectivity index (χ4v) is 2.08. The highest BCUT2D eigenvalue weighted by atomic mass is 16.1. The van der Waals surface area contributed by atoms with Crippen LogP contribution in [0.1, 0.15) is 49.1 Å². The molecule has 0 aliphatic carbocycles. The molecule has 0 aromatic carbocycles. The Morgan fingerprint density at radius 2 is 2.33 bits per heavy atom. The van der Waals surface area contributed by atoms with Crippen LogP contribution in [0, 0.1) is 11.8 Å². The molecular weight excluding hydrogens is 228 g/mol. The zero-order chi connectivity index (χ0) is 12.8. The third-order valence-corrected chi connectivity index (χ3v) is 3.13. The van der Waals surface area contributed by atoms with Crippen molar-refractivity contribution in [2.75, 3.05) is 13.1 Å². The van der Waals surface area contributed by atoms with E-state index in [1.165, 1.54) is 0 Å². The van der Waals surface area contributed by atoms with E-state index >= 15 is 0 Å². The zero-order valence-electron chi connectivity index (χ0n) is 10.6. The van der Waals surface area contributed by atoms with Crippen LogP contribution in [0.3, 0.4) is 0 Å². The topological polar surface area (TPSA) is 59.8 Å². The molecule has 1 aliphatic heterocycles. The number of ketones is 1. The van der Waals surface area contributed by atoms with Crippen molar-refractivity contribution in [2.24, 2.45) is 0 Å². The summed E-state index contributed by atoms with van der Waals surface area (Å²) in [6, 6.07) is 0.371. The lowest BCUT2D eigenvalue weighted by Crippen LogP contribution is -2.29. The summed E-state index contributed by atoms with van der Waals surface area (Å²) in [7, 11) is 0. The number of aromatic nitrogens is 3. The van der Waals surface area contributed by atoms with Crippen LogP contribution in [-0.2, 0) is 0 Å². The SMILES string of the molecule is CC#CCCC(=O)c1cn(C2CCNCC2)nn1. The van der Waals surface area contributed by atoms with Gasteiger partial charge in [-0.2, -0.15) is 0 Å². The highest BCUT2D eigenvalue weighted by Gasteiger charge is 2.18. The van der Waals surface area contributed by atoms with Gasteiger partial charge in [0.15, 0.2) is 5.78 Å². The van der Waals surface area contributed by atoms with Crippen LogP contribution >= 0.6 is 0 Å². The minimum atomic E-state index is 0.0259. The minimum absolute atomic E-state index is 0.0259. The molecule has 0 amide bonds. The van der Waals surface area contributed by atoms with E-state index in [2.05, 4.69) is 27.5 Å². The number of hydrogen-bond acceptors (Lipinski definition) is 4. The van der Waals surface area contributed by atoms with Crippen molar-refractivity contribution in [1.82, 2.24) is 20.3 Å². The maximum Gasteiger partial charge on any atom is 0.185 e. The molecule has 96 valence electrons. The van der Waals surface area contributed by atoms with Gasteiger partial charge in [0.1, 0.15) is 5.69 Å². The van der Waals surface area contributed by atoms with Crippen molar-refractivity contribution >= 4 is 5.78 Å². The van der Waals surface area contributed by atoms with Gasteiger partial charge >= 0.3 is 0 Å². The summed E-state index contributed by atoms with van der Waals surface area (Å²) in [6.45, 7) is 3.78. The summed E-state index contributed by atoms with van der Waals surface area (Å²) in [6.07, 6.45) is 4.87.